The van der Waals surface area contributed by atoms with E-state index >= 15 is 0 Å². The van der Waals surface area contributed by atoms with E-state index in [2.05, 4.69) is 10.3 Å². The second-order valence-electron chi connectivity index (χ2n) is 4.22. The van der Waals surface area contributed by atoms with Crippen molar-refractivity contribution in [3.8, 4) is 0 Å². The summed E-state index contributed by atoms with van der Waals surface area (Å²) in [5.74, 6) is 0. The molecular weight excluding hydrogens is 230 g/mol. The summed E-state index contributed by atoms with van der Waals surface area (Å²) in [6.07, 6.45) is 1.21. The zero-order valence-electron chi connectivity index (χ0n) is 10.5. The number of methoxy groups -OCH3 is 1. The Morgan fingerprint density at radius 2 is 2.06 bits per heavy atom. The van der Waals surface area contributed by atoms with Crippen LogP contribution in [-0.4, -0.2) is 33.3 Å². The third-order valence-corrected chi connectivity index (χ3v) is 2.80. The number of ether oxygens (including phenoxy) is 1. The predicted octanol–water partition coefficient (Wildman–Crippen LogP) is 1.11. The van der Waals surface area contributed by atoms with Gasteiger partial charge in [0.15, 0.2) is 0 Å². The van der Waals surface area contributed by atoms with Gasteiger partial charge < -0.3 is 9.84 Å². The van der Waals surface area contributed by atoms with Crippen LogP contribution < -0.4 is 0 Å². The standard InChI is InChI=1S/C13H17N3O2/c1-16-9-11(14-15-16)8-12(17)13(18-2)10-6-4-3-5-7-10/h3-7,9,12-13,17H,8H2,1-2H3. The van der Waals surface area contributed by atoms with Crippen molar-refractivity contribution in [2.45, 2.75) is 18.6 Å². The first kappa shape index (κ1) is 12.7. The van der Waals surface area contributed by atoms with Crippen molar-refractivity contribution in [1.82, 2.24) is 15.0 Å². The molecule has 0 aliphatic carbocycles. The van der Waals surface area contributed by atoms with Crippen LogP contribution in [0.25, 0.3) is 0 Å². The van der Waals surface area contributed by atoms with Crippen molar-refractivity contribution in [2.75, 3.05) is 7.11 Å². The Morgan fingerprint density at radius 1 is 1.33 bits per heavy atom. The van der Waals surface area contributed by atoms with Crippen molar-refractivity contribution >= 4 is 0 Å². The molecule has 0 bridgehead atoms. The van der Waals surface area contributed by atoms with E-state index in [1.165, 1.54) is 0 Å². The fraction of sp³-hybridized carbons (Fsp3) is 0.385. The lowest BCUT2D eigenvalue weighted by Gasteiger charge is -2.21. The molecule has 18 heavy (non-hydrogen) atoms. The molecule has 1 aromatic carbocycles. The lowest BCUT2D eigenvalue weighted by molar-refractivity contribution is -0.0132. The van der Waals surface area contributed by atoms with Gasteiger partial charge >= 0.3 is 0 Å². The van der Waals surface area contributed by atoms with E-state index in [9.17, 15) is 5.11 Å². The zero-order chi connectivity index (χ0) is 13.0. The Balaban J connectivity index is 2.08. The number of aliphatic hydroxyl groups is 1. The average Bonchev–Trinajstić information content (AvgIpc) is 2.77. The molecule has 2 rings (SSSR count). The van der Waals surface area contributed by atoms with Gasteiger partial charge in [-0.2, -0.15) is 0 Å². The largest absolute Gasteiger partial charge is 0.390 e. The number of aromatic nitrogens is 3. The number of hydrogen-bond acceptors (Lipinski definition) is 4. The van der Waals surface area contributed by atoms with Gasteiger partial charge in [-0.25, -0.2) is 0 Å². The number of aryl methyl sites for hydroxylation is 1. The molecule has 0 spiro atoms. The molecule has 5 heteroatoms. The maximum absolute atomic E-state index is 10.2. The lowest BCUT2D eigenvalue weighted by Crippen LogP contribution is -2.22. The molecule has 96 valence electrons. The maximum Gasteiger partial charge on any atom is 0.108 e. The van der Waals surface area contributed by atoms with Crippen molar-refractivity contribution in [3.63, 3.8) is 0 Å². The first-order chi connectivity index (χ1) is 8.70. The first-order valence-corrected chi connectivity index (χ1v) is 5.81. The fourth-order valence-corrected chi connectivity index (χ4v) is 1.97. The Hall–Kier alpha value is -1.72. The molecule has 0 aliphatic heterocycles. The van der Waals surface area contributed by atoms with Crippen LogP contribution in [0.15, 0.2) is 36.5 Å². The highest BCUT2D eigenvalue weighted by Gasteiger charge is 2.21. The first-order valence-electron chi connectivity index (χ1n) is 5.81. The molecular formula is C13H17N3O2. The van der Waals surface area contributed by atoms with Gasteiger partial charge in [-0.1, -0.05) is 35.5 Å². The molecule has 1 N–H and O–H groups in total. The fourth-order valence-electron chi connectivity index (χ4n) is 1.97. The van der Waals surface area contributed by atoms with E-state index in [4.69, 9.17) is 4.74 Å². The van der Waals surface area contributed by atoms with E-state index < -0.39 is 6.10 Å². The van der Waals surface area contributed by atoms with Gasteiger partial charge in [0.25, 0.3) is 0 Å². The molecule has 2 unspecified atom stereocenters. The number of benzene rings is 1. The summed E-state index contributed by atoms with van der Waals surface area (Å²) in [6.45, 7) is 0. The minimum atomic E-state index is -0.644. The smallest absolute Gasteiger partial charge is 0.108 e. The Bertz CT molecular complexity index is 484. The quantitative estimate of drug-likeness (QED) is 0.859. The highest BCUT2D eigenvalue weighted by Crippen LogP contribution is 2.22. The van der Waals surface area contributed by atoms with Crippen LogP contribution >= 0.6 is 0 Å². The average molecular weight is 247 g/mol. The number of hydrogen-bond donors (Lipinski definition) is 1. The molecule has 0 saturated heterocycles. The summed E-state index contributed by atoms with van der Waals surface area (Å²) < 4.78 is 6.99. The van der Waals surface area contributed by atoms with Crippen molar-refractivity contribution in [2.24, 2.45) is 7.05 Å². The van der Waals surface area contributed by atoms with E-state index in [0.29, 0.717) is 6.42 Å². The summed E-state index contributed by atoms with van der Waals surface area (Å²) in [5, 5.41) is 18.0. The minimum absolute atomic E-state index is 0.354. The molecule has 0 amide bonds. The molecule has 5 nitrogen and oxygen atoms in total. The van der Waals surface area contributed by atoms with Crippen LogP contribution in [0, 0.1) is 0 Å². The Morgan fingerprint density at radius 3 is 2.61 bits per heavy atom. The van der Waals surface area contributed by atoms with Crippen molar-refractivity contribution in [1.29, 1.82) is 0 Å². The lowest BCUT2D eigenvalue weighted by atomic mass is 10.0. The van der Waals surface area contributed by atoms with Crippen LogP contribution in [0.3, 0.4) is 0 Å². The van der Waals surface area contributed by atoms with E-state index in [1.54, 1.807) is 25.0 Å². The summed E-state index contributed by atoms with van der Waals surface area (Å²) in [7, 11) is 3.39. The minimum Gasteiger partial charge on any atom is -0.390 e. The summed E-state index contributed by atoms with van der Waals surface area (Å²) in [5.41, 5.74) is 1.71. The van der Waals surface area contributed by atoms with Gasteiger partial charge in [-0.3, -0.25) is 4.68 Å². The second-order valence-corrected chi connectivity index (χ2v) is 4.22. The molecule has 2 aromatic rings. The summed E-state index contributed by atoms with van der Waals surface area (Å²) >= 11 is 0. The topological polar surface area (TPSA) is 60.2 Å². The highest BCUT2D eigenvalue weighted by molar-refractivity contribution is 5.19. The molecule has 0 aliphatic rings. The summed E-state index contributed by atoms with van der Waals surface area (Å²) in [4.78, 5) is 0. The van der Waals surface area contributed by atoms with E-state index in [0.717, 1.165) is 11.3 Å². The van der Waals surface area contributed by atoms with Crippen LogP contribution in [0.4, 0.5) is 0 Å². The van der Waals surface area contributed by atoms with Gasteiger partial charge in [0, 0.05) is 26.8 Å². The van der Waals surface area contributed by atoms with Crippen LogP contribution in [-0.2, 0) is 18.2 Å². The SMILES string of the molecule is COC(c1ccccc1)C(O)Cc1cn(C)nn1. The molecule has 0 radical (unpaired) electrons. The van der Waals surface area contributed by atoms with Crippen LogP contribution in [0.2, 0.25) is 0 Å². The van der Waals surface area contributed by atoms with Gasteiger partial charge in [-0.05, 0) is 5.56 Å². The molecule has 0 saturated carbocycles. The number of nitrogens with zero attached hydrogens (tertiary/aromatic N) is 3. The Labute approximate surface area is 106 Å². The molecule has 2 atom stereocenters. The predicted molar refractivity (Wildman–Crippen MR) is 66.9 cm³/mol. The third-order valence-electron chi connectivity index (χ3n) is 2.80. The van der Waals surface area contributed by atoms with Crippen LogP contribution in [0.5, 0.6) is 0 Å². The van der Waals surface area contributed by atoms with E-state index in [1.807, 2.05) is 30.3 Å². The normalized spacial score (nSPS) is 14.4. The van der Waals surface area contributed by atoms with E-state index in [-0.39, 0.29) is 6.10 Å². The monoisotopic (exact) mass is 247 g/mol. The number of aliphatic hydroxyl groups excluding tert-OH is 1. The van der Waals surface area contributed by atoms with Crippen LogP contribution in [0.1, 0.15) is 17.4 Å². The van der Waals surface area contributed by atoms with Crippen molar-refractivity contribution < 1.29 is 9.84 Å². The Kier molecular flexibility index (Phi) is 4.07. The zero-order valence-corrected chi connectivity index (χ0v) is 10.5. The maximum atomic E-state index is 10.2. The number of rotatable bonds is 5. The van der Waals surface area contributed by atoms with Gasteiger partial charge in [0.05, 0.1) is 11.8 Å². The second kappa shape index (κ2) is 5.75. The van der Waals surface area contributed by atoms with Gasteiger partial charge in [0.2, 0.25) is 0 Å². The van der Waals surface area contributed by atoms with Gasteiger partial charge in [-0.15, -0.1) is 5.10 Å². The van der Waals surface area contributed by atoms with Gasteiger partial charge in [0.1, 0.15) is 6.10 Å². The summed E-state index contributed by atoms with van der Waals surface area (Å²) in [6, 6.07) is 9.67. The van der Waals surface area contributed by atoms with Crippen molar-refractivity contribution in [3.05, 3.63) is 47.8 Å². The molecule has 0 fully saturated rings. The third kappa shape index (κ3) is 2.94. The highest BCUT2D eigenvalue weighted by atomic mass is 16.5. The molecule has 1 heterocycles. The molecule has 1 aromatic heterocycles.